The lowest BCUT2D eigenvalue weighted by molar-refractivity contribution is 1.62. The van der Waals surface area contributed by atoms with Crippen LogP contribution in [0.4, 0.5) is 5.69 Å². The molecule has 0 heterocycles. The number of nitrogen functional groups attached to an aromatic ring is 1. The highest BCUT2D eigenvalue weighted by molar-refractivity contribution is 5.96. The summed E-state index contributed by atoms with van der Waals surface area (Å²) in [5.74, 6) is 7.67. The third-order valence-electron chi connectivity index (χ3n) is 2.60. The zero-order valence-electron chi connectivity index (χ0n) is 9.12. The first-order chi connectivity index (χ1) is 8.19. The summed E-state index contributed by atoms with van der Waals surface area (Å²) < 4.78 is 0. The summed E-state index contributed by atoms with van der Waals surface area (Å²) in [6.45, 7) is 0. The first kappa shape index (κ1) is 10.7. The fourth-order valence-electron chi connectivity index (χ4n) is 1.76. The zero-order valence-corrected chi connectivity index (χ0v) is 9.12. The first-order valence-corrected chi connectivity index (χ1v) is 4.96. The lowest BCUT2D eigenvalue weighted by atomic mass is 9.99. The minimum atomic E-state index is 0.607. The van der Waals surface area contributed by atoms with Crippen molar-refractivity contribution >= 4 is 16.5 Å². The van der Waals surface area contributed by atoms with Crippen LogP contribution < -0.4 is 5.73 Å². The standard InChI is InChI=1S/C16H9N/c1-4-11-7-14-9-12(5-2)13(6-3)10-15(14)16(17)8-11/h1-3,7-10H,17H2. The monoisotopic (exact) mass is 215 g/mol. The fourth-order valence-corrected chi connectivity index (χ4v) is 1.76. The summed E-state index contributed by atoms with van der Waals surface area (Å²) in [6.07, 6.45) is 16.2. The summed E-state index contributed by atoms with van der Waals surface area (Å²) in [5.41, 5.74) is 8.61. The molecule has 0 atom stereocenters. The van der Waals surface area contributed by atoms with Crippen LogP contribution in [0.5, 0.6) is 0 Å². The van der Waals surface area contributed by atoms with Crippen molar-refractivity contribution in [1.29, 1.82) is 0 Å². The largest absolute Gasteiger partial charge is 0.398 e. The Balaban J connectivity index is 2.91. The highest BCUT2D eigenvalue weighted by Gasteiger charge is 2.05. The molecule has 2 aromatic rings. The molecule has 17 heavy (non-hydrogen) atoms. The van der Waals surface area contributed by atoms with Gasteiger partial charge in [0.1, 0.15) is 0 Å². The zero-order chi connectivity index (χ0) is 12.4. The average Bonchev–Trinajstić information content (AvgIpc) is 2.36. The number of anilines is 1. The third-order valence-corrected chi connectivity index (χ3v) is 2.60. The van der Waals surface area contributed by atoms with Gasteiger partial charge in [0, 0.05) is 27.8 Å². The summed E-state index contributed by atoms with van der Waals surface area (Å²) in [6, 6.07) is 7.27. The Hall–Kier alpha value is -2.82. The molecule has 0 amide bonds. The van der Waals surface area contributed by atoms with E-state index in [1.807, 2.05) is 18.2 Å². The van der Waals surface area contributed by atoms with Gasteiger partial charge in [0.2, 0.25) is 0 Å². The highest BCUT2D eigenvalue weighted by atomic mass is 14.5. The Morgan fingerprint density at radius 1 is 0.824 bits per heavy atom. The van der Waals surface area contributed by atoms with Crippen LogP contribution in [0.25, 0.3) is 10.8 Å². The van der Waals surface area contributed by atoms with Gasteiger partial charge in [0.25, 0.3) is 0 Å². The van der Waals surface area contributed by atoms with Gasteiger partial charge in [-0.3, -0.25) is 0 Å². The molecule has 2 aromatic carbocycles. The predicted octanol–water partition coefficient (Wildman–Crippen LogP) is 2.37. The summed E-state index contributed by atoms with van der Waals surface area (Å²) >= 11 is 0. The molecule has 0 aliphatic carbocycles. The van der Waals surface area contributed by atoms with Gasteiger partial charge in [0.15, 0.2) is 0 Å². The number of benzene rings is 2. The van der Waals surface area contributed by atoms with Crippen molar-refractivity contribution in [2.24, 2.45) is 0 Å². The normalized spacial score (nSPS) is 9.24. The Kier molecular flexibility index (Phi) is 2.50. The highest BCUT2D eigenvalue weighted by Crippen LogP contribution is 2.26. The van der Waals surface area contributed by atoms with E-state index in [0.717, 1.165) is 16.3 Å². The molecule has 0 bridgehead atoms. The van der Waals surface area contributed by atoms with Crippen molar-refractivity contribution in [2.75, 3.05) is 5.73 Å². The van der Waals surface area contributed by atoms with Gasteiger partial charge in [-0.1, -0.05) is 17.8 Å². The second kappa shape index (κ2) is 3.97. The van der Waals surface area contributed by atoms with Gasteiger partial charge < -0.3 is 5.73 Å². The molecular formula is C16H9N. The van der Waals surface area contributed by atoms with Crippen molar-refractivity contribution in [3.63, 3.8) is 0 Å². The van der Waals surface area contributed by atoms with Crippen LogP contribution >= 0.6 is 0 Å². The van der Waals surface area contributed by atoms with Gasteiger partial charge >= 0.3 is 0 Å². The molecule has 1 heteroatoms. The van der Waals surface area contributed by atoms with Crippen molar-refractivity contribution in [3.05, 3.63) is 41.0 Å². The van der Waals surface area contributed by atoms with E-state index in [-0.39, 0.29) is 0 Å². The number of rotatable bonds is 0. The van der Waals surface area contributed by atoms with Crippen LogP contribution in [-0.4, -0.2) is 0 Å². The topological polar surface area (TPSA) is 26.0 Å². The Bertz CT molecular complexity index is 731. The maximum Gasteiger partial charge on any atom is 0.0406 e. The minimum absolute atomic E-state index is 0.607. The van der Waals surface area contributed by atoms with Crippen LogP contribution in [0.2, 0.25) is 0 Å². The van der Waals surface area contributed by atoms with Crippen LogP contribution in [0, 0.1) is 37.0 Å². The second-order valence-electron chi connectivity index (χ2n) is 3.62. The average molecular weight is 215 g/mol. The van der Waals surface area contributed by atoms with Crippen LogP contribution in [0.1, 0.15) is 16.7 Å². The lowest BCUT2D eigenvalue weighted by Gasteiger charge is -2.06. The molecule has 0 radical (unpaired) electrons. The van der Waals surface area contributed by atoms with Crippen molar-refractivity contribution in [1.82, 2.24) is 0 Å². The second-order valence-corrected chi connectivity index (χ2v) is 3.62. The van der Waals surface area contributed by atoms with E-state index in [4.69, 9.17) is 25.0 Å². The number of terminal acetylenes is 3. The van der Waals surface area contributed by atoms with E-state index in [1.54, 1.807) is 6.07 Å². The maximum atomic E-state index is 5.93. The molecule has 0 aliphatic heterocycles. The molecule has 0 spiro atoms. The number of hydrogen-bond acceptors (Lipinski definition) is 1. The van der Waals surface area contributed by atoms with E-state index < -0.39 is 0 Å². The van der Waals surface area contributed by atoms with Gasteiger partial charge in [-0.2, -0.15) is 0 Å². The van der Waals surface area contributed by atoms with Crippen LogP contribution in [-0.2, 0) is 0 Å². The number of hydrogen-bond donors (Lipinski definition) is 1. The van der Waals surface area contributed by atoms with Crippen molar-refractivity contribution < 1.29 is 0 Å². The molecule has 0 saturated heterocycles. The molecular weight excluding hydrogens is 206 g/mol. The molecule has 2 rings (SSSR count). The smallest absolute Gasteiger partial charge is 0.0406 e. The van der Waals surface area contributed by atoms with Gasteiger partial charge in [-0.05, 0) is 29.7 Å². The van der Waals surface area contributed by atoms with E-state index in [0.29, 0.717) is 16.8 Å². The quantitative estimate of drug-likeness (QED) is 0.530. The van der Waals surface area contributed by atoms with E-state index in [9.17, 15) is 0 Å². The lowest BCUT2D eigenvalue weighted by Crippen LogP contribution is -1.92. The van der Waals surface area contributed by atoms with Gasteiger partial charge in [0.05, 0.1) is 0 Å². The van der Waals surface area contributed by atoms with Gasteiger partial charge in [-0.15, -0.1) is 19.3 Å². The Morgan fingerprint density at radius 3 is 2.06 bits per heavy atom. The number of nitrogens with two attached hydrogens (primary N) is 1. The molecule has 0 saturated carbocycles. The van der Waals surface area contributed by atoms with E-state index in [1.165, 1.54) is 0 Å². The maximum absolute atomic E-state index is 5.93. The van der Waals surface area contributed by atoms with Crippen LogP contribution in [0.15, 0.2) is 24.3 Å². The molecule has 1 nitrogen and oxygen atoms in total. The Morgan fingerprint density at radius 2 is 1.47 bits per heavy atom. The summed E-state index contributed by atoms with van der Waals surface area (Å²) in [5, 5.41) is 1.78. The van der Waals surface area contributed by atoms with Crippen LogP contribution in [0.3, 0.4) is 0 Å². The molecule has 0 unspecified atom stereocenters. The Labute approximate surface area is 101 Å². The molecule has 0 aliphatic rings. The SMILES string of the molecule is C#Cc1cc(N)c2cc(C#C)c(C#C)cc2c1. The fraction of sp³-hybridized carbons (Fsp3) is 0. The number of fused-ring (bicyclic) bond motifs is 1. The first-order valence-electron chi connectivity index (χ1n) is 4.96. The molecule has 78 valence electrons. The summed E-state index contributed by atoms with van der Waals surface area (Å²) in [7, 11) is 0. The van der Waals surface area contributed by atoms with Gasteiger partial charge in [-0.25, -0.2) is 0 Å². The van der Waals surface area contributed by atoms with Crippen molar-refractivity contribution in [3.8, 4) is 37.0 Å². The third kappa shape index (κ3) is 1.69. The van der Waals surface area contributed by atoms with E-state index in [2.05, 4.69) is 17.8 Å². The van der Waals surface area contributed by atoms with E-state index >= 15 is 0 Å². The minimum Gasteiger partial charge on any atom is -0.398 e. The summed E-state index contributed by atoms with van der Waals surface area (Å²) in [4.78, 5) is 0. The van der Waals surface area contributed by atoms with Crippen molar-refractivity contribution in [2.45, 2.75) is 0 Å². The molecule has 2 N–H and O–H groups in total. The predicted molar refractivity (Wildman–Crippen MR) is 72.2 cm³/mol. The molecule has 0 fully saturated rings. The molecule has 0 aromatic heterocycles.